The van der Waals surface area contributed by atoms with Crippen LogP contribution in [-0.4, -0.2) is 31.6 Å². The van der Waals surface area contributed by atoms with Gasteiger partial charge in [-0.25, -0.2) is 13.1 Å². The highest BCUT2D eigenvalue weighted by Crippen LogP contribution is 2.30. The molecule has 0 spiro atoms. The van der Waals surface area contributed by atoms with Crippen LogP contribution in [0.25, 0.3) is 0 Å². The summed E-state index contributed by atoms with van der Waals surface area (Å²) in [6.07, 6.45) is 0.846. The van der Waals surface area contributed by atoms with Gasteiger partial charge in [0.15, 0.2) is 0 Å². The molecule has 6 nitrogen and oxygen atoms in total. The number of aryl methyl sites for hydroxylation is 1. The van der Waals surface area contributed by atoms with Crippen molar-refractivity contribution >= 4 is 21.6 Å². The number of aliphatic hydroxyl groups is 1. The van der Waals surface area contributed by atoms with Crippen molar-refractivity contribution in [2.75, 3.05) is 11.9 Å². The van der Waals surface area contributed by atoms with Crippen molar-refractivity contribution in [3.8, 4) is 0 Å². The van der Waals surface area contributed by atoms with Gasteiger partial charge in [-0.1, -0.05) is 24.3 Å². The molecule has 0 aliphatic heterocycles. The SMILES string of the molecule is CC(=O)Nc1ccc(S(=O)(=O)NCC2(O)Cc3ccccc3C2)c(C)c1. The molecule has 0 saturated carbocycles. The third-order valence-corrected chi connectivity index (χ3v) is 6.09. The number of benzene rings is 2. The van der Waals surface area contributed by atoms with E-state index in [9.17, 15) is 18.3 Å². The predicted molar refractivity (Wildman–Crippen MR) is 99.5 cm³/mol. The third-order valence-electron chi connectivity index (χ3n) is 4.53. The summed E-state index contributed by atoms with van der Waals surface area (Å²) in [7, 11) is -3.77. The van der Waals surface area contributed by atoms with Crippen molar-refractivity contribution in [3.63, 3.8) is 0 Å². The molecule has 0 fully saturated rings. The van der Waals surface area contributed by atoms with E-state index >= 15 is 0 Å². The minimum absolute atomic E-state index is 0.0586. The van der Waals surface area contributed by atoms with E-state index in [1.54, 1.807) is 19.1 Å². The molecule has 1 aliphatic carbocycles. The van der Waals surface area contributed by atoms with Gasteiger partial charge < -0.3 is 10.4 Å². The smallest absolute Gasteiger partial charge is 0.240 e. The number of carbonyl (C=O) groups excluding carboxylic acids is 1. The second-order valence-corrected chi connectivity index (χ2v) is 8.57. The molecule has 3 rings (SSSR count). The van der Waals surface area contributed by atoms with Crippen LogP contribution in [0, 0.1) is 6.92 Å². The summed E-state index contributed by atoms with van der Waals surface area (Å²) in [4.78, 5) is 11.2. The molecule has 1 amide bonds. The summed E-state index contributed by atoms with van der Waals surface area (Å²) in [5.74, 6) is -0.221. The number of sulfonamides is 1. The van der Waals surface area contributed by atoms with Crippen molar-refractivity contribution in [2.24, 2.45) is 0 Å². The molecule has 138 valence electrons. The van der Waals surface area contributed by atoms with E-state index in [0.29, 0.717) is 24.1 Å². The lowest BCUT2D eigenvalue weighted by Crippen LogP contribution is -2.43. The van der Waals surface area contributed by atoms with Crippen LogP contribution >= 0.6 is 0 Å². The Hall–Kier alpha value is -2.22. The normalized spacial score (nSPS) is 15.5. The van der Waals surface area contributed by atoms with Crippen molar-refractivity contribution in [1.29, 1.82) is 0 Å². The van der Waals surface area contributed by atoms with Crippen molar-refractivity contribution in [3.05, 3.63) is 59.2 Å². The Morgan fingerprint density at radius 3 is 2.31 bits per heavy atom. The molecule has 0 radical (unpaired) electrons. The van der Waals surface area contributed by atoms with E-state index < -0.39 is 15.6 Å². The van der Waals surface area contributed by atoms with E-state index in [1.807, 2.05) is 24.3 Å². The molecule has 1 aliphatic rings. The minimum Gasteiger partial charge on any atom is -0.388 e. The number of hydrogen-bond donors (Lipinski definition) is 3. The highest BCUT2D eigenvalue weighted by atomic mass is 32.2. The fourth-order valence-corrected chi connectivity index (χ4v) is 4.68. The maximum absolute atomic E-state index is 12.6. The molecule has 0 saturated heterocycles. The first-order valence-electron chi connectivity index (χ1n) is 8.36. The first-order valence-corrected chi connectivity index (χ1v) is 9.84. The maximum Gasteiger partial charge on any atom is 0.240 e. The van der Waals surface area contributed by atoms with E-state index in [4.69, 9.17) is 0 Å². The average Bonchev–Trinajstić information content (AvgIpc) is 2.89. The van der Waals surface area contributed by atoms with Crippen LogP contribution in [0.2, 0.25) is 0 Å². The summed E-state index contributed by atoms with van der Waals surface area (Å²) in [6.45, 7) is 3.00. The maximum atomic E-state index is 12.6. The topological polar surface area (TPSA) is 95.5 Å². The van der Waals surface area contributed by atoms with Crippen LogP contribution in [0.3, 0.4) is 0 Å². The van der Waals surface area contributed by atoms with Crippen LogP contribution in [0.15, 0.2) is 47.4 Å². The zero-order chi connectivity index (χ0) is 18.9. The number of hydrogen-bond acceptors (Lipinski definition) is 4. The van der Waals surface area contributed by atoms with Gasteiger partial charge in [0, 0.05) is 32.0 Å². The van der Waals surface area contributed by atoms with Gasteiger partial charge in [-0.2, -0.15) is 0 Å². The van der Waals surface area contributed by atoms with Gasteiger partial charge in [0.2, 0.25) is 15.9 Å². The van der Waals surface area contributed by atoms with Crippen LogP contribution in [0.1, 0.15) is 23.6 Å². The Labute approximate surface area is 153 Å². The van der Waals surface area contributed by atoms with Gasteiger partial charge >= 0.3 is 0 Å². The molecule has 0 heterocycles. The first-order chi connectivity index (χ1) is 12.2. The van der Waals surface area contributed by atoms with Crippen LogP contribution in [-0.2, 0) is 27.7 Å². The molecule has 2 aromatic rings. The Kier molecular flexibility index (Phi) is 4.88. The second-order valence-electron chi connectivity index (χ2n) is 6.83. The molecule has 0 bridgehead atoms. The number of carbonyl (C=O) groups is 1. The predicted octanol–water partition coefficient (Wildman–Crippen LogP) is 1.76. The molecule has 26 heavy (non-hydrogen) atoms. The standard InChI is InChI=1S/C19H22N2O4S/c1-13-9-17(21-14(2)22)7-8-18(13)26(24,25)20-12-19(23)10-15-5-3-4-6-16(15)11-19/h3-9,20,23H,10-12H2,1-2H3,(H,21,22). The second kappa shape index (κ2) is 6.83. The lowest BCUT2D eigenvalue weighted by atomic mass is 10.0. The highest BCUT2D eigenvalue weighted by molar-refractivity contribution is 7.89. The summed E-state index contributed by atoms with van der Waals surface area (Å²) in [6, 6.07) is 12.3. The molecule has 7 heteroatoms. The minimum atomic E-state index is -3.77. The number of fused-ring (bicyclic) bond motifs is 1. The highest BCUT2D eigenvalue weighted by Gasteiger charge is 2.36. The summed E-state index contributed by atoms with van der Waals surface area (Å²) >= 11 is 0. The Balaban J connectivity index is 1.73. The quantitative estimate of drug-likeness (QED) is 0.743. The van der Waals surface area contributed by atoms with Crippen LogP contribution in [0.5, 0.6) is 0 Å². The monoisotopic (exact) mass is 374 g/mol. The van der Waals surface area contributed by atoms with E-state index in [2.05, 4.69) is 10.0 Å². The number of amides is 1. The Bertz CT molecular complexity index is 929. The summed E-state index contributed by atoms with van der Waals surface area (Å²) in [5, 5.41) is 13.4. The lowest BCUT2D eigenvalue weighted by Gasteiger charge is -2.23. The average molecular weight is 374 g/mol. The zero-order valence-corrected chi connectivity index (χ0v) is 15.6. The Morgan fingerprint density at radius 2 is 1.77 bits per heavy atom. The molecular formula is C19H22N2O4S. The molecular weight excluding hydrogens is 352 g/mol. The molecule has 0 aromatic heterocycles. The van der Waals surface area contributed by atoms with Gasteiger partial charge in [-0.05, 0) is 41.8 Å². The fourth-order valence-electron chi connectivity index (χ4n) is 3.34. The molecule has 0 unspecified atom stereocenters. The Morgan fingerprint density at radius 1 is 1.15 bits per heavy atom. The third kappa shape index (κ3) is 3.95. The summed E-state index contributed by atoms with van der Waals surface area (Å²) in [5.41, 5.74) is 2.03. The van der Waals surface area contributed by atoms with E-state index in [-0.39, 0.29) is 17.3 Å². The molecule has 3 N–H and O–H groups in total. The van der Waals surface area contributed by atoms with Gasteiger partial charge in [0.05, 0.1) is 10.5 Å². The number of rotatable bonds is 5. The largest absolute Gasteiger partial charge is 0.388 e. The van der Waals surface area contributed by atoms with Crippen LogP contribution < -0.4 is 10.0 Å². The molecule has 0 atom stereocenters. The fraction of sp³-hybridized carbons (Fsp3) is 0.316. The van der Waals surface area contributed by atoms with Crippen molar-refractivity contribution in [2.45, 2.75) is 37.2 Å². The number of nitrogens with one attached hydrogen (secondary N) is 2. The van der Waals surface area contributed by atoms with E-state index in [0.717, 1.165) is 11.1 Å². The van der Waals surface area contributed by atoms with Crippen molar-refractivity contribution in [1.82, 2.24) is 4.72 Å². The summed E-state index contributed by atoms with van der Waals surface area (Å²) < 4.78 is 27.8. The molecule has 2 aromatic carbocycles. The van der Waals surface area contributed by atoms with Gasteiger partial charge in [-0.3, -0.25) is 4.79 Å². The number of anilines is 1. The van der Waals surface area contributed by atoms with Gasteiger partial charge in [0.25, 0.3) is 0 Å². The van der Waals surface area contributed by atoms with Crippen LogP contribution in [0.4, 0.5) is 5.69 Å². The van der Waals surface area contributed by atoms with Crippen molar-refractivity contribution < 1.29 is 18.3 Å². The van der Waals surface area contributed by atoms with Gasteiger partial charge in [0.1, 0.15) is 0 Å². The first kappa shape index (κ1) is 18.6. The lowest BCUT2D eigenvalue weighted by molar-refractivity contribution is -0.114. The van der Waals surface area contributed by atoms with Gasteiger partial charge in [-0.15, -0.1) is 0 Å². The van der Waals surface area contributed by atoms with E-state index in [1.165, 1.54) is 13.0 Å². The zero-order valence-electron chi connectivity index (χ0n) is 14.7.